The minimum atomic E-state index is -0.279. The van der Waals surface area contributed by atoms with Gasteiger partial charge in [0.15, 0.2) is 0 Å². The third kappa shape index (κ3) is 8.82. The van der Waals surface area contributed by atoms with E-state index in [1.165, 1.54) is 6.33 Å². The Hall–Kier alpha value is -3.14. The van der Waals surface area contributed by atoms with Crippen LogP contribution in [-0.4, -0.2) is 69.7 Å². The number of carbonyl (C=O) groups excluding carboxylic acids is 3. The van der Waals surface area contributed by atoms with Gasteiger partial charge < -0.3 is 20.3 Å². The Balaban J connectivity index is 1.70. The summed E-state index contributed by atoms with van der Waals surface area (Å²) in [5.74, 6) is 0.141. The fourth-order valence-electron chi connectivity index (χ4n) is 4.10. The second-order valence-electron chi connectivity index (χ2n) is 9.39. The summed E-state index contributed by atoms with van der Waals surface area (Å²) in [5, 5.41) is 10.4. The van der Waals surface area contributed by atoms with Crippen LogP contribution in [-0.2, 0) is 16.1 Å². The van der Waals surface area contributed by atoms with Gasteiger partial charge in [-0.3, -0.25) is 19.1 Å². The van der Waals surface area contributed by atoms with E-state index in [2.05, 4.69) is 34.6 Å². The first-order valence-electron chi connectivity index (χ1n) is 12.4. The van der Waals surface area contributed by atoms with Gasteiger partial charge >= 0.3 is 0 Å². The number of aryl methyl sites for hydroxylation is 1. The second kappa shape index (κ2) is 13.8. The molecule has 0 unspecified atom stereocenters. The molecule has 0 saturated carbocycles. The predicted octanol–water partition coefficient (Wildman–Crippen LogP) is 2.67. The molecule has 0 aliphatic carbocycles. The summed E-state index contributed by atoms with van der Waals surface area (Å²) in [5.41, 5.74) is 0.358. The number of hydrogen-bond acceptors (Lipinski definition) is 6. The average molecular weight is 519 g/mol. The lowest BCUT2D eigenvalue weighted by atomic mass is 10.0. The molecule has 0 radical (unpaired) electrons. The van der Waals surface area contributed by atoms with Crippen LogP contribution in [0.1, 0.15) is 56.3 Å². The van der Waals surface area contributed by atoms with Crippen LogP contribution in [0.2, 0.25) is 5.02 Å². The molecule has 1 aliphatic rings. The molecular weight excluding hydrogens is 484 g/mol. The van der Waals surface area contributed by atoms with Crippen molar-refractivity contribution in [3.63, 3.8) is 0 Å². The molecule has 196 valence electrons. The van der Waals surface area contributed by atoms with Crippen LogP contribution in [0.5, 0.6) is 5.75 Å². The molecule has 1 aromatic carbocycles. The van der Waals surface area contributed by atoms with E-state index in [-0.39, 0.29) is 36.9 Å². The largest absolute Gasteiger partial charge is 0.491 e. The monoisotopic (exact) mass is 518 g/mol. The van der Waals surface area contributed by atoms with Crippen molar-refractivity contribution in [3.05, 3.63) is 41.4 Å². The number of aromatic nitrogens is 3. The summed E-state index contributed by atoms with van der Waals surface area (Å²) < 4.78 is 7.66. The summed E-state index contributed by atoms with van der Waals surface area (Å²) >= 11 is 6.13. The van der Waals surface area contributed by atoms with E-state index in [9.17, 15) is 14.4 Å². The Morgan fingerprint density at radius 3 is 2.86 bits per heavy atom. The van der Waals surface area contributed by atoms with E-state index in [0.29, 0.717) is 74.0 Å². The van der Waals surface area contributed by atoms with Crippen LogP contribution in [0.25, 0.3) is 0 Å². The molecule has 0 spiro atoms. The van der Waals surface area contributed by atoms with E-state index in [0.717, 1.165) is 0 Å². The fraction of sp³-hybridized carbons (Fsp3) is 0.560. The van der Waals surface area contributed by atoms with Crippen molar-refractivity contribution >= 4 is 29.3 Å². The number of ether oxygens (including phenoxy) is 1. The molecule has 1 atom stereocenters. The zero-order chi connectivity index (χ0) is 25.9. The van der Waals surface area contributed by atoms with E-state index in [1.54, 1.807) is 34.1 Å². The molecule has 0 fully saturated rings. The van der Waals surface area contributed by atoms with E-state index < -0.39 is 0 Å². The summed E-state index contributed by atoms with van der Waals surface area (Å²) in [7, 11) is 0. The van der Waals surface area contributed by atoms with Gasteiger partial charge in [-0.15, -0.1) is 0 Å². The van der Waals surface area contributed by atoms with Gasteiger partial charge in [0, 0.05) is 31.1 Å². The zero-order valence-corrected chi connectivity index (χ0v) is 21.7. The van der Waals surface area contributed by atoms with Crippen molar-refractivity contribution in [2.45, 2.75) is 58.5 Å². The van der Waals surface area contributed by atoms with Gasteiger partial charge in [0.2, 0.25) is 11.8 Å². The van der Waals surface area contributed by atoms with Crippen molar-refractivity contribution < 1.29 is 19.1 Å². The lowest BCUT2D eigenvalue weighted by molar-refractivity contribution is -0.136. The van der Waals surface area contributed by atoms with Gasteiger partial charge in [-0.05, 0) is 49.8 Å². The normalized spacial score (nSPS) is 17.9. The molecule has 3 amide bonds. The molecule has 0 bridgehead atoms. The Bertz CT molecular complexity index is 1010. The molecule has 1 aromatic heterocycles. The molecule has 1 aliphatic heterocycles. The Morgan fingerprint density at radius 2 is 2.11 bits per heavy atom. The number of amides is 3. The van der Waals surface area contributed by atoms with Crippen molar-refractivity contribution in [2.75, 3.05) is 26.2 Å². The van der Waals surface area contributed by atoms with Crippen LogP contribution in [0.4, 0.5) is 0 Å². The minimum Gasteiger partial charge on any atom is -0.491 e. The van der Waals surface area contributed by atoms with Crippen molar-refractivity contribution in [1.29, 1.82) is 0 Å². The van der Waals surface area contributed by atoms with Crippen LogP contribution in [0.15, 0.2) is 30.9 Å². The fourth-order valence-corrected chi connectivity index (χ4v) is 4.27. The zero-order valence-electron chi connectivity index (χ0n) is 20.9. The first kappa shape index (κ1) is 27.4. The molecule has 2 heterocycles. The van der Waals surface area contributed by atoms with E-state index in [1.807, 2.05) is 0 Å². The molecule has 3 rings (SSSR count). The third-order valence-corrected chi connectivity index (χ3v) is 6.05. The van der Waals surface area contributed by atoms with Crippen molar-refractivity contribution in [1.82, 2.24) is 30.3 Å². The predicted molar refractivity (Wildman–Crippen MR) is 136 cm³/mol. The number of fused-ring (bicyclic) bond motifs is 1. The number of carbonyl (C=O) groups is 3. The minimum absolute atomic E-state index is 0.0185. The standard InChI is InChI=1S/C25H35ClN6O4/c1-18(2)12-20-15-36-22-8-7-19(26)13-21(22)25(35)28-9-3-4-10-31(14-23(33)30-20)24(34)6-5-11-32-17-27-16-29-32/h7-8,13,16-18,20H,3-6,9-12,14-15H2,1-2H3,(H,28,35)(H,30,33)/t20-/m1/s1. The number of benzene rings is 1. The molecule has 2 N–H and O–H groups in total. The molecule has 0 saturated heterocycles. The van der Waals surface area contributed by atoms with Gasteiger partial charge in [0.25, 0.3) is 5.91 Å². The molecular formula is C25H35ClN6O4. The maximum absolute atomic E-state index is 13.0. The molecule has 11 heteroatoms. The average Bonchev–Trinajstić information content (AvgIpc) is 3.34. The van der Waals surface area contributed by atoms with E-state index in [4.69, 9.17) is 16.3 Å². The highest BCUT2D eigenvalue weighted by Crippen LogP contribution is 2.23. The first-order valence-corrected chi connectivity index (χ1v) is 12.8. The smallest absolute Gasteiger partial charge is 0.255 e. The van der Waals surface area contributed by atoms with Crippen LogP contribution in [0.3, 0.4) is 0 Å². The lowest BCUT2D eigenvalue weighted by Gasteiger charge is -2.25. The first-order chi connectivity index (χ1) is 17.3. The van der Waals surface area contributed by atoms with Crippen LogP contribution < -0.4 is 15.4 Å². The highest BCUT2D eigenvalue weighted by molar-refractivity contribution is 6.31. The second-order valence-corrected chi connectivity index (χ2v) is 9.82. The number of rotatable bonds is 6. The maximum atomic E-state index is 13.0. The van der Waals surface area contributed by atoms with Crippen molar-refractivity contribution in [3.8, 4) is 5.75 Å². The van der Waals surface area contributed by atoms with E-state index >= 15 is 0 Å². The number of hydrogen-bond donors (Lipinski definition) is 2. The molecule has 10 nitrogen and oxygen atoms in total. The maximum Gasteiger partial charge on any atom is 0.255 e. The topological polar surface area (TPSA) is 118 Å². The third-order valence-electron chi connectivity index (χ3n) is 5.82. The molecule has 36 heavy (non-hydrogen) atoms. The lowest BCUT2D eigenvalue weighted by Crippen LogP contribution is -2.46. The summed E-state index contributed by atoms with van der Waals surface area (Å²) in [6.45, 7) is 5.74. The van der Waals surface area contributed by atoms with Gasteiger partial charge in [-0.2, -0.15) is 5.10 Å². The Kier molecular flexibility index (Phi) is 10.5. The summed E-state index contributed by atoms with van der Waals surface area (Å²) in [4.78, 5) is 44.2. The highest BCUT2D eigenvalue weighted by Gasteiger charge is 2.22. The van der Waals surface area contributed by atoms with Crippen molar-refractivity contribution in [2.24, 2.45) is 5.92 Å². The van der Waals surface area contributed by atoms with Gasteiger partial charge in [-0.25, -0.2) is 4.98 Å². The van der Waals surface area contributed by atoms with Gasteiger partial charge in [-0.1, -0.05) is 25.4 Å². The van der Waals surface area contributed by atoms with Gasteiger partial charge in [0.1, 0.15) is 25.0 Å². The highest BCUT2D eigenvalue weighted by atomic mass is 35.5. The van der Waals surface area contributed by atoms with Crippen LogP contribution >= 0.6 is 11.6 Å². The summed E-state index contributed by atoms with van der Waals surface area (Å²) in [6, 6.07) is 4.65. The van der Waals surface area contributed by atoms with Crippen LogP contribution in [0, 0.1) is 5.92 Å². The number of halogens is 1. The summed E-state index contributed by atoms with van der Waals surface area (Å²) in [6.07, 6.45) is 5.96. The van der Waals surface area contributed by atoms with Gasteiger partial charge in [0.05, 0.1) is 18.2 Å². The molecule has 2 aromatic rings. The SMILES string of the molecule is CC(C)C[C@@H]1COc2ccc(Cl)cc2C(=O)NCCCCN(C(=O)CCCn2cncn2)CC(=O)N1. The number of nitrogens with zero attached hydrogens (tertiary/aromatic N) is 4. The Morgan fingerprint density at radius 1 is 1.28 bits per heavy atom. The number of nitrogens with one attached hydrogen (secondary N) is 2. The Labute approximate surface area is 216 Å². The quantitative estimate of drug-likeness (QED) is 0.607.